The van der Waals surface area contributed by atoms with Crippen LogP contribution in [0.5, 0.6) is 0 Å². The van der Waals surface area contributed by atoms with Gasteiger partial charge < -0.3 is 25.2 Å². The summed E-state index contributed by atoms with van der Waals surface area (Å²) < 4.78 is 4.68. The van der Waals surface area contributed by atoms with Gasteiger partial charge in [0.25, 0.3) is 0 Å². The van der Waals surface area contributed by atoms with Crippen LogP contribution in [0.2, 0.25) is 0 Å². The summed E-state index contributed by atoms with van der Waals surface area (Å²) >= 11 is 0. The minimum absolute atomic E-state index is 0.664. The molecular weight excluding hydrogens is 152 g/mol. The van der Waals surface area contributed by atoms with E-state index in [9.17, 15) is 0 Å². The Hall–Kier alpha value is -0.200. The summed E-state index contributed by atoms with van der Waals surface area (Å²) in [4.78, 5) is 0. The Kier molecular flexibility index (Phi) is 2.46. The highest BCUT2D eigenvalue weighted by Gasteiger charge is 2.40. The Labute approximate surface area is 63.8 Å². The largest absolute Gasteiger partial charge is 0.388 e. The SMILES string of the molecule is CC1O[C@@H](O)[C@@H](O)C(O)[C@H]1O. The lowest BCUT2D eigenvalue weighted by molar-refractivity contribution is -0.277. The molecule has 66 valence electrons. The van der Waals surface area contributed by atoms with Gasteiger partial charge in [-0.1, -0.05) is 0 Å². The van der Waals surface area contributed by atoms with E-state index in [0.717, 1.165) is 0 Å². The highest BCUT2D eigenvalue weighted by molar-refractivity contribution is 4.86. The average molecular weight is 164 g/mol. The van der Waals surface area contributed by atoms with Crippen LogP contribution in [0, 0.1) is 0 Å². The quantitative estimate of drug-likeness (QED) is 0.326. The zero-order valence-corrected chi connectivity index (χ0v) is 6.08. The molecule has 0 spiro atoms. The molecule has 0 aromatic heterocycles. The minimum atomic E-state index is -1.43. The fraction of sp³-hybridized carbons (Fsp3) is 1.00. The van der Waals surface area contributed by atoms with Gasteiger partial charge in [0.15, 0.2) is 6.29 Å². The summed E-state index contributed by atoms with van der Waals surface area (Å²) in [6.07, 6.45) is -5.99. The zero-order valence-electron chi connectivity index (χ0n) is 6.08. The van der Waals surface area contributed by atoms with E-state index in [1.165, 1.54) is 6.92 Å². The maximum atomic E-state index is 9.09. The summed E-state index contributed by atoms with van der Waals surface area (Å²) in [5.41, 5.74) is 0. The highest BCUT2D eigenvalue weighted by atomic mass is 16.6. The lowest BCUT2D eigenvalue weighted by Gasteiger charge is -2.36. The number of ether oxygens (including phenoxy) is 1. The van der Waals surface area contributed by atoms with E-state index in [-0.39, 0.29) is 0 Å². The molecule has 1 fully saturated rings. The lowest BCUT2D eigenvalue weighted by Crippen LogP contribution is -2.56. The standard InChI is InChI=1S/C6H12O5/c1-2-3(7)4(8)5(9)6(10)11-2/h2-10H,1H3/t2?,3-,4?,5-,6+/m0/s1. The first kappa shape index (κ1) is 8.89. The lowest BCUT2D eigenvalue weighted by atomic mass is 10.0. The molecule has 5 nitrogen and oxygen atoms in total. The first-order chi connectivity index (χ1) is 5.04. The van der Waals surface area contributed by atoms with E-state index in [4.69, 9.17) is 20.4 Å². The van der Waals surface area contributed by atoms with Crippen LogP contribution in [-0.4, -0.2) is 51.1 Å². The molecule has 2 unspecified atom stereocenters. The van der Waals surface area contributed by atoms with Crippen molar-refractivity contribution >= 4 is 0 Å². The van der Waals surface area contributed by atoms with Crippen LogP contribution in [0.1, 0.15) is 6.92 Å². The third kappa shape index (κ3) is 1.52. The molecule has 5 heteroatoms. The molecule has 0 aromatic rings. The molecule has 1 saturated heterocycles. The molecule has 4 N–H and O–H groups in total. The van der Waals surface area contributed by atoms with Crippen LogP contribution in [-0.2, 0) is 4.74 Å². The van der Waals surface area contributed by atoms with Crippen LogP contribution in [0.3, 0.4) is 0 Å². The zero-order chi connectivity index (χ0) is 8.59. The second-order valence-electron chi connectivity index (χ2n) is 2.70. The molecule has 11 heavy (non-hydrogen) atoms. The molecule has 0 radical (unpaired) electrons. The number of rotatable bonds is 0. The van der Waals surface area contributed by atoms with Gasteiger partial charge in [-0.3, -0.25) is 0 Å². The Morgan fingerprint density at radius 1 is 0.909 bits per heavy atom. The minimum Gasteiger partial charge on any atom is -0.388 e. The Morgan fingerprint density at radius 3 is 2.00 bits per heavy atom. The van der Waals surface area contributed by atoms with Crippen molar-refractivity contribution in [3.05, 3.63) is 0 Å². The van der Waals surface area contributed by atoms with E-state index in [2.05, 4.69) is 4.74 Å². The fourth-order valence-electron chi connectivity index (χ4n) is 1.03. The first-order valence-corrected chi connectivity index (χ1v) is 3.41. The predicted molar refractivity (Wildman–Crippen MR) is 34.6 cm³/mol. The van der Waals surface area contributed by atoms with Gasteiger partial charge in [-0.15, -0.1) is 0 Å². The molecule has 5 atom stereocenters. The monoisotopic (exact) mass is 164 g/mol. The Morgan fingerprint density at radius 2 is 1.45 bits per heavy atom. The Bertz CT molecular complexity index is 125. The van der Waals surface area contributed by atoms with E-state index in [0.29, 0.717) is 0 Å². The molecule has 0 aromatic carbocycles. The second-order valence-corrected chi connectivity index (χ2v) is 2.70. The van der Waals surface area contributed by atoms with Crippen molar-refractivity contribution in [3.63, 3.8) is 0 Å². The van der Waals surface area contributed by atoms with Gasteiger partial charge in [-0.05, 0) is 6.92 Å². The molecule has 0 saturated carbocycles. The van der Waals surface area contributed by atoms with Crippen molar-refractivity contribution in [3.8, 4) is 0 Å². The second kappa shape index (κ2) is 3.04. The third-order valence-corrected chi connectivity index (χ3v) is 1.83. The van der Waals surface area contributed by atoms with Gasteiger partial charge >= 0.3 is 0 Å². The predicted octanol–water partition coefficient (Wildman–Crippen LogP) is -2.19. The summed E-state index contributed by atoms with van der Waals surface area (Å²) in [7, 11) is 0. The smallest absolute Gasteiger partial charge is 0.183 e. The molecular formula is C6H12O5. The van der Waals surface area contributed by atoms with Crippen LogP contribution in [0.25, 0.3) is 0 Å². The Balaban J connectivity index is 2.63. The molecule has 0 bridgehead atoms. The van der Waals surface area contributed by atoms with Crippen LogP contribution in [0.4, 0.5) is 0 Å². The highest BCUT2D eigenvalue weighted by Crippen LogP contribution is 2.18. The van der Waals surface area contributed by atoms with E-state index >= 15 is 0 Å². The number of aliphatic hydroxyl groups excluding tert-OH is 4. The van der Waals surface area contributed by atoms with Crippen molar-refractivity contribution in [1.82, 2.24) is 0 Å². The summed E-state index contributed by atoms with van der Waals surface area (Å²) in [6, 6.07) is 0. The normalized spacial score (nSPS) is 52.6. The maximum absolute atomic E-state index is 9.09. The van der Waals surface area contributed by atoms with E-state index in [1.54, 1.807) is 0 Å². The summed E-state index contributed by atoms with van der Waals surface area (Å²) in [6.45, 7) is 1.50. The van der Waals surface area contributed by atoms with Gasteiger partial charge in [0.1, 0.15) is 18.3 Å². The molecule has 1 aliphatic rings. The molecule has 0 aliphatic carbocycles. The number of aliphatic hydroxyl groups is 4. The van der Waals surface area contributed by atoms with Crippen molar-refractivity contribution < 1.29 is 25.2 Å². The number of hydrogen-bond acceptors (Lipinski definition) is 5. The summed E-state index contributed by atoms with van der Waals surface area (Å²) in [5, 5.41) is 36.0. The topological polar surface area (TPSA) is 90.2 Å². The fourth-order valence-corrected chi connectivity index (χ4v) is 1.03. The van der Waals surface area contributed by atoms with Gasteiger partial charge in [0.05, 0.1) is 6.10 Å². The van der Waals surface area contributed by atoms with E-state index < -0.39 is 30.7 Å². The van der Waals surface area contributed by atoms with Crippen molar-refractivity contribution in [2.24, 2.45) is 0 Å². The van der Waals surface area contributed by atoms with Crippen molar-refractivity contribution in [1.29, 1.82) is 0 Å². The summed E-state index contributed by atoms with van der Waals surface area (Å²) in [5.74, 6) is 0. The van der Waals surface area contributed by atoms with Gasteiger partial charge in [-0.25, -0.2) is 0 Å². The molecule has 0 amide bonds. The molecule has 1 aliphatic heterocycles. The van der Waals surface area contributed by atoms with E-state index in [1.807, 2.05) is 0 Å². The van der Waals surface area contributed by atoms with Crippen molar-refractivity contribution in [2.75, 3.05) is 0 Å². The first-order valence-electron chi connectivity index (χ1n) is 3.41. The maximum Gasteiger partial charge on any atom is 0.183 e. The number of hydrogen-bond donors (Lipinski definition) is 4. The average Bonchev–Trinajstić information content (AvgIpc) is 1.97. The molecule has 1 rings (SSSR count). The van der Waals surface area contributed by atoms with Crippen LogP contribution < -0.4 is 0 Å². The van der Waals surface area contributed by atoms with Gasteiger partial charge in [0.2, 0.25) is 0 Å². The van der Waals surface area contributed by atoms with Gasteiger partial charge in [0, 0.05) is 0 Å². The van der Waals surface area contributed by atoms with Crippen LogP contribution >= 0.6 is 0 Å². The van der Waals surface area contributed by atoms with Crippen molar-refractivity contribution in [2.45, 2.75) is 37.6 Å². The van der Waals surface area contributed by atoms with Gasteiger partial charge in [-0.2, -0.15) is 0 Å². The molecule has 1 heterocycles. The third-order valence-electron chi connectivity index (χ3n) is 1.83. The van der Waals surface area contributed by atoms with Crippen LogP contribution in [0.15, 0.2) is 0 Å².